The van der Waals surface area contributed by atoms with Crippen molar-refractivity contribution in [1.82, 2.24) is 5.32 Å². The van der Waals surface area contributed by atoms with Crippen LogP contribution in [-0.2, 0) is 4.79 Å². The lowest BCUT2D eigenvalue weighted by molar-refractivity contribution is -0.133. The van der Waals surface area contributed by atoms with Crippen LogP contribution < -0.4 is 5.32 Å². The summed E-state index contributed by atoms with van der Waals surface area (Å²) in [5.41, 5.74) is 1.31. The van der Waals surface area contributed by atoms with Crippen LogP contribution in [0.5, 0.6) is 0 Å². The number of allylic oxidation sites excluding steroid dienone is 1. The highest BCUT2D eigenvalue weighted by Gasteiger charge is 2.30. The first-order chi connectivity index (χ1) is 9.45. The summed E-state index contributed by atoms with van der Waals surface area (Å²) in [6.07, 6.45) is 1.86. The van der Waals surface area contributed by atoms with E-state index in [4.69, 9.17) is 23.2 Å². The van der Waals surface area contributed by atoms with Crippen LogP contribution in [0.25, 0.3) is 0 Å². The molecule has 1 heterocycles. The molecule has 0 aromatic heterocycles. The largest absolute Gasteiger partial charge is 0.478 e. The first kappa shape index (κ1) is 15.2. The molecule has 0 spiro atoms. The zero-order valence-electron chi connectivity index (χ0n) is 10.8. The number of carboxylic acids is 1. The number of nitrogens with zero attached hydrogens (tertiary/aromatic N) is 1. The van der Waals surface area contributed by atoms with Crippen molar-refractivity contribution in [2.75, 3.05) is 6.26 Å². The number of hydrogen-bond donors (Lipinski definition) is 2. The SMILES string of the molecule is CSC1=NC(c2cccc(Cl)c2Cl)C(C(=O)O)=C(C)N1. The molecule has 4 nitrogen and oxygen atoms in total. The average molecular weight is 331 g/mol. The van der Waals surface area contributed by atoms with Gasteiger partial charge in [0.2, 0.25) is 0 Å². The van der Waals surface area contributed by atoms with E-state index in [0.717, 1.165) is 0 Å². The average Bonchev–Trinajstić information content (AvgIpc) is 2.40. The fraction of sp³-hybridized carbons (Fsp3) is 0.231. The number of carboxylic acid groups (broad SMARTS) is 1. The van der Waals surface area contributed by atoms with E-state index in [1.165, 1.54) is 11.8 Å². The lowest BCUT2D eigenvalue weighted by atomic mass is 9.96. The highest BCUT2D eigenvalue weighted by atomic mass is 35.5. The number of aliphatic carboxylic acids is 1. The Morgan fingerprint density at radius 3 is 2.75 bits per heavy atom. The van der Waals surface area contributed by atoms with Gasteiger partial charge in [-0.3, -0.25) is 0 Å². The minimum atomic E-state index is -1.03. The van der Waals surface area contributed by atoms with Crippen LogP contribution in [0, 0.1) is 0 Å². The topological polar surface area (TPSA) is 61.7 Å². The molecule has 0 bridgehead atoms. The van der Waals surface area contributed by atoms with Crippen molar-refractivity contribution >= 4 is 46.1 Å². The molecule has 2 rings (SSSR count). The van der Waals surface area contributed by atoms with Crippen LogP contribution in [0.15, 0.2) is 34.5 Å². The van der Waals surface area contributed by atoms with Crippen molar-refractivity contribution in [2.45, 2.75) is 13.0 Å². The molecule has 1 aromatic rings. The van der Waals surface area contributed by atoms with E-state index in [1.54, 1.807) is 25.1 Å². The molecule has 106 valence electrons. The van der Waals surface area contributed by atoms with E-state index in [2.05, 4.69) is 10.3 Å². The zero-order valence-corrected chi connectivity index (χ0v) is 13.1. The second-order valence-corrected chi connectivity index (χ2v) is 5.73. The molecular formula is C13H12Cl2N2O2S. The molecule has 0 aliphatic carbocycles. The van der Waals surface area contributed by atoms with Crippen molar-refractivity contribution in [1.29, 1.82) is 0 Å². The summed E-state index contributed by atoms with van der Waals surface area (Å²) in [6.45, 7) is 1.71. The van der Waals surface area contributed by atoms with Gasteiger partial charge in [0.05, 0.1) is 15.6 Å². The second-order valence-electron chi connectivity index (χ2n) is 4.15. The van der Waals surface area contributed by atoms with Crippen LogP contribution in [0.4, 0.5) is 0 Å². The van der Waals surface area contributed by atoms with Crippen LogP contribution >= 0.6 is 35.0 Å². The minimum Gasteiger partial charge on any atom is -0.478 e. The fourth-order valence-electron chi connectivity index (χ4n) is 1.98. The quantitative estimate of drug-likeness (QED) is 0.867. The fourth-order valence-corrected chi connectivity index (χ4v) is 2.86. The van der Waals surface area contributed by atoms with Crippen molar-refractivity contribution in [3.63, 3.8) is 0 Å². The maximum Gasteiger partial charge on any atom is 0.335 e. The first-order valence-corrected chi connectivity index (χ1v) is 7.70. The molecule has 0 radical (unpaired) electrons. The van der Waals surface area contributed by atoms with E-state index in [-0.39, 0.29) is 5.57 Å². The Morgan fingerprint density at radius 2 is 2.15 bits per heavy atom. The van der Waals surface area contributed by atoms with Gasteiger partial charge in [-0.05, 0) is 19.2 Å². The summed E-state index contributed by atoms with van der Waals surface area (Å²) in [5.74, 6) is -1.03. The van der Waals surface area contributed by atoms with E-state index in [1.807, 2.05) is 6.26 Å². The molecule has 0 saturated carbocycles. The summed E-state index contributed by atoms with van der Waals surface area (Å²) >= 11 is 13.6. The molecule has 0 fully saturated rings. The molecule has 7 heteroatoms. The van der Waals surface area contributed by atoms with Gasteiger partial charge in [0, 0.05) is 11.3 Å². The molecule has 20 heavy (non-hydrogen) atoms. The molecule has 1 aliphatic heterocycles. The molecule has 1 aromatic carbocycles. The van der Waals surface area contributed by atoms with Gasteiger partial charge in [-0.15, -0.1) is 0 Å². The van der Waals surface area contributed by atoms with Crippen LogP contribution in [-0.4, -0.2) is 22.5 Å². The molecule has 1 atom stereocenters. The summed E-state index contributed by atoms with van der Waals surface area (Å²) < 4.78 is 0. The number of nitrogens with one attached hydrogen (secondary N) is 1. The Kier molecular flexibility index (Phi) is 4.62. The molecule has 2 N–H and O–H groups in total. The van der Waals surface area contributed by atoms with Crippen molar-refractivity contribution < 1.29 is 9.90 Å². The van der Waals surface area contributed by atoms with E-state index < -0.39 is 12.0 Å². The third-order valence-electron chi connectivity index (χ3n) is 2.92. The van der Waals surface area contributed by atoms with E-state index in [0.29, 0.717) is 26.5 Å². The van der Waals surface area contributed by atoms with Crippen molar-refractivity contribution in [3.8, 4) is 0 Å². The summed E-state index contributed by atoms with van der Waals surface area (Å²) in [6, 6.07) is 4.46. The highest BCUT2D eigenvalue weighted by Crippen LogP contribution is 2.38. The van der Waals surface area contributed by atoms with Gasteiger partial charge in [0.25, 0.3) is 0 Å². The summed E-state index contributed by atoms with van der Waals surface area (Å²) in [7, 11) is 0. The molecule has 0 saturated heterocycles. The van der Waals surface area contributed by atoms with Gasteiger partial charge >= 0.3 is 5.97 Å². The summed E-state index contributed by atoms with van der Waals surface area (Å²) in [5, 5.41) is 13.7. The molecule has 1 unspecified atom stereocenters. The van der Waals surface area contributed by atoms with Crippen LogP contribution in [0.3, 0.4) is 0 Å². The monoisotopic (exact) mass is 330 g/mol. The highest BCUT2D eigenvalue weighted by molar-refractivity contribution is 8.13. The molecule has 0 amide bonds. The Balaban J connectivity index is 2.60. The van der Waals surface area contributed by atoms with Crippen LogP contribution in [0.2, 0.25) is 10.0 Å². The third-order valence-corrected chi connectivity index (χ3v) is 4.35. The van der Waals surface area contributed by atoms with E-state index in [9.17, 15) is 9.90 Å². The third kappa shape index (κ3) is 2.80. The van der Waals surface area contributed by atoms with Gasteiger partial charge in [-0.25, -0.2) is 9.79 Å². The molecule has 1 aliphatic rings. The number of aliphatic imine (C=N–C) groups is 1. The number of benzene rings is 1. The Bertz CT molecular complexity index is 629. The number of amidine groups is 1. The predicted molar refractivity (Wildman–Crippen MR) is 83.6 cm³/mol. The lowest BCUT2D eigenvalue weighted by Gasteiger charge is -2.25. The molecular weight excluding hydrogens is 319 g/mol. The Hall–Kier alpha value is -1.17. The first-order valence-electron chi connectivity index (χ1n) is 5.72. The van der Waals surface area contributed by atoms with Gasteiger partial charge in [-0.2, -0.15) is 0 Å². The van der Waals surface area contributed by atoms with Crippen molar-refractivity contribution in [2.24, 2.45) is 4.99 Å². The minimum absolute atomic E-state index is 0.173. The normalized spacial score (nSPS) is 18.6. The van der Waals surface area contributed by atoms with Gasteiger partial charge in [0.15, 0.2) is 5.17 Å². The van der Waals surface area contributed by atoms with Crippen molar-refractivity contribution in [3.05, 3.63) is 45.1 Å². The van der Waals surface area contributed by atoms with Gasteiger partial charge in [-0.1, -0.05) is 47.1 Å². The smallest absolute Gasteiger partial charge is 0.335 e. The second kappa shape index (κ2) is 6.08. The number of rotatable bonds is 2. The Labute approximate surface area is 130 Å². The maximum atomic E-state index is 11.5. The zero-order chi connectivity index (χ0) is 14.9. The standard InChI is InChI=1S/C13H12Cl2N2O2S/c1-6-9(12(18)19)11(17-13(16-6)20-2)7-4-3-5-8(14)10(7)15/h3-5,11H,1-2H3,(H,16,17)(H,18,19). The number of thioether (sulfide) groups is 1. The van der Waals surface area contributed by atoms with Crippen LogP contribution in [0.1, 0.15) is 18.5 Å². The van der Waals surface area contributed by atoms with E-state index >= 15 is 0 Å². The van der Waals surface area contributed by atoms with Gasteiger partial charge < -0.3 is 10.4 Å². The number of halogens is 2. The Morgan fingerprint density at radius 1 is 1.45 bits per heavy atom. The lowest BCUT2D eigenvalue weighted by Crippen LogP contribution is -2.29. The maximum absolute atomic E-state index is 11.5. The van der Waals surface area contributed by atoms with Gasteiger partial charge in [0.1, 0.15) is 6.04 Å². The number of hydrogen-bond acceptors (Lipinski definition) is 4. The predicted octanol–water partition coefficient (Wildman–Crippen LogP) is 3.72. The number of carbonyl (C=O) groups is 1. The summed E-state index contributed by atoms with van der Waals surface area (Å²) in [4.78, 5) is 15.9.